The van der Waals surface area contributed by atoms with Crippen molar-refractivity contribution in [1.82, 2.24) is 0 Å². The van der Waals surface area contributed by atoms with E-state index < -0.39 is 0 Å². The van der Waals surface area contributed by atoms with Gasteiger partial charge in [0, 0.05) is 18.3 Å². The first-order chi connectivity index (χ1) is 9.60. The fraction of sp³-hybridized carbons (Fsp3) is 0.188. The van der Waals surface area contributed by atoms with Gasteiger partial charge in [-0.2, -0.15) is 0 Å². The average Bonchev–Trinajstić information content (AvgIpc) is 2.42. The molecule has 2 rings (SSSR count). The van der Waals surface area contributed by atoms with E-state index in [2.05, 4.69) is 0 Å². The van der Waals surface area contributed by atoms with Crippen LogP contribution in [0.4, 0.5) is 10.1 Å². The molecule has 1 N–H and O–H groups in total. The minimum Gasteiger partial charge on any atom is -0.508 e. The number of hydrogen-bond acceptors (Lipinski definition) is 2. The number of hydrogen-bond donors (Lipinski definition) is 1. The lowest BCUT2D eigenvalue weighted by molar-refractivity contribution is -0.117. The second kappa shape index (κ2) is 6.19. The summed E-state index contributed by atoms with van der Waals surface area (Å²) < 4.78 is 12.8. The molecule has 2 aromatic carbocycles. The van der Waals surface area contributed by atoms with Crippen molar-refractivity contribution in [3.63, 3.8) is 0 Å². The fourth-order valence-electron chi connectivity index (χ4n) is 2.04. The van der Waals surface area contributed by atoms with Crippen LogP contribution in [-0.4, -0.2) is 17.6 Å². The summed E-state index contributed by atoms with van der Waals surface area (Å²) in [4.78, 5) is 13.9. The summed E-state index contributed by atoms with van der Waals surface area (Å²) in [6.07, 6.45) is 0.198. The van der Waals surface area contributed by atoms with E-state index in [1.165, 1.54) is 12.1 Å². The fourth-order valence-corrected chi connectivity index (χ4v) is 2.04. The molecule has 0 saturated heterocycles. The molecule has 0 aliphatic carbocycles. The Morgan fingerprint density at radius 1 is 1.20 bits per heavy atom. The number of carbonyl (C=O) groups is 1. The zero-order valence-electron chi connectivity index (χ0n) is 11.2. The van der Waals surface area contributed by atoms with Crippen molar-refractivity contribution in [1.29, 1.82) is 0 Å². The first-order valence-electron chi connectivity index (χ1n) is 6.44. The van der Waals surface area contributed by atoms with Crippen LogP contribution in [0, 0.1) is 5.82 Å². The van der Waals surface area contributed by atoms with Gasteiger partial charge in [0.2, 0.25) is 5.91 Å². The quantitative estimate of drug-likeness (QED) is 0.929. The number of anilines is 1. The zero-order valence-corrected chi connectivity index (χ0v) is 11.2. The third kappa shape index (κ3) is 3.35. The molecule has 0 fully saturated rings. The van der Waals surface area contributed by atoms with Crippen LogP contribution in [0.5, 0.6) is 5.75 Å². The topological polar surface area (TPSA) is 40.5 Å². The lowest BCUT2D eigenvalue weighted by Crippen LogP contribution is -2.31. The largest absolute Gasteiger partial charge is 0.508 e. The molecule has 0 bridgehead atoms. The van der Waals surface area contributed by atoms with Gasteiger partial charge in [0.05, 0.1) is 6.42 Å². The van der Waals surface area contributed by atoms with E-state index in [1.807, 2.05) is 6.92 Å². The normalized spacial score (nSPS) is 10.3. The van der Waals surface area contributed by atoms with E-state index in [0.29, 0.717) is 12.2 Å². The predicted octanol–water partition coefficient (Wildman–Crippen LogP) is 3.13. The highest BCUT2D eigenvalue weighted by Gasteiger charge is 2.14. The van der Waals surface area contributed by atoms with Crippen LogP contribution in [-0.2, 0) is 11.2 Å². The smallest absolute Gasteiger partial charge is 0.231 e. The Morgan fingerprint density at radius 2 is 1.90 bits per heavy atom. The van der Waals surface area contributed by atoms with Crippen LogP contribution < -0.4 is 4.90 Å². The molecule has 0 saturated carbocycles. The van der Waals surface area contributed by atoms with Crippen LogP contribution >= 0.6 is 0 Å². The summed E-state index contributed by atoms with van der Waals surface area (Å²) in [5, 5.41) is 9.48. The van der Waals surface area contributed by atoms with Gasteiger partial charge in [0.25, 0.3) is 0 Å². The highest BCUT2D eigenvalue weighted by Crippen LogP contribution is 2.20. The van der Waals surface area contributed by atoms with Gasteiger partial charge in [-0.25, -0.2) is 4.39 Å². The molecule has 104 valence electrons. The number of halogens is 1. The number of rotatable bonds is 4. The Morgan fingerprint density at radius 3 is 2.50 bits per heavy atom. The molecule has 2 aromatic rings. The van der Waals surface area contributed by atoms with E-state index in [-0.39, 0.29) is 23.9 Å². The van der Waals surface area contributed by atoms with Crippen molar-refractivity contribution < 1.29 is 14.3 Å². The molecule has 1 amide bonds. The second-order valence-corrected chi connectivity index (χ2v) is 4.46. The Balaban J connectivity index is 2.15. The number of likely N-dealkylation sites (N-methyl/N-ethyl adjacent to an activating group) is 1. The van der Waals surface area contributed by atoms with E-state index >= 15 is 0 Å². The van der Waals surface area contributed by atoms with Crippen molar-refractivity contribution in [2.24, 2.45) is 0 Å². The van der Waals surface area contributed by atoms with Gasteiger partial charge in [0.1, 0.15) is 11.6 Å². The standard InChI is InChI=1S/C16H16FNO2/c1-2-18(14-4-3-5-15(19)11-14)16(20)10-12-6-8-13(17)9-7-12/h3-9,11,19H,2,10H2,1H3. The van der Waals surface area contributed by atoms with Crippen LogP contribution in [0.3, 0.4) is 0 Å². The molecular formula is C16H16FNO2. The number of amides is 1. The summed E-state index contributed by atoms with van der Waals surface area (Å²) in [5.41, 5.74) is 1.41. The third-order valence-corrected chi connectivity index (χ3v) is 3.03. The first-order valence-corrected chi connectivity index (χ1v) is 6.44. The number of phenolic OH excluding ortho intramolecular Hbond substituents is 1. The van der Waals surface area contributed by atoms with Gasteiger partial charge in [0.15, 0.2) is 0 Å². The molecule has 0 radical (unpaired) electrons. The van der Waals surface area contributed by atoms with Crippen LogP contribution in [0.1, 0.15) is 12.5 Å². The molecular weight excluding hydrogens is 257 g/mol. The maximum atomic E-state index is 12.8. The Kier molecular flexibility index (Phi) is 4.35. The monoisotopic (exact) mass is 273 g/mol. The Bertz CT molecular complexity index is 596. The van der Waals surface area contributed by atoms with Crippen LogP contribution in [0.25, 0.3) is 0 Å². The Labute approximate surface area is 117 Å². The van der Waals surface area contributed by atoms with Gasteiger partial charge < -0.3 is 10.0 Å². The molecule has 0 unspecified atom stereocenters. The van der Waals surface area contributed by atoms with Gasteiger partial charge in [-0.3, -0.25) is 4.79 Å². The van der Waals surface area contributed by atoms with Crippen LogP contribution in [0.2, 0.25) is 0 Å². The van der Waals surface area contributed by atoms with Crippen molar-refractivity contribution >= 4 is 11.6 Å². The summed E-state index contributed by atoms with van der Waals surface area (Å²) >= 11 is 0. The molecule has 0 atom stereocenters. The molecule has 0 aliphatic heterocycles. The minimum absolute atomic E-state index is 0.0929. The number of carbonyl (C=O) groups excluding carboxylic acids is 1. The number of nitrogens with zero attached hydrogens (tertiary/aromatic N) is 1. The van der Waals surface area contributed by atoms with Crippen molar-refractivity contribution in [2.45, 2.75) is 13.3 Å². The van der Waals surface area contributed by atoms with Gasteiger partial charge in [-0.05, 0) is 36.8 Å². The highest BCUT2D eigenvalue weighted by molar-refractivity contribution is 5.94. The van der Waals surface area contributed by atoms with Crippen molar-refractivity contribution in [3.8, 4) is 5.75 Å². The summed E-state index contributed by atoms with van der Waals surface area (Å²) in [6.45, 7) is 2.37. The maximum absolute atomic E-state index is 12.8. The van der Waals surface area contributed by atoms with E-state index in [9.17, 15) is 14.3 Å². The first kappa shape index (κ1) is 14.1. The summed E-state index contributed by atoms with van der Waals surface area (Å²) in [7, 11) is 0. The highest BCUT2D eigenvalue weighted by atomic mass is 19.1. The zero-order chi connectivity index (χ0) is 14.5. The van der Waals surface area contributed by atoms with E-state index in [4.69, 9.17) is 0 Å². The third-order valence-electron chi connectivity index (χ3n) is 3.03. The number of phenols is 1. The van der Waals surface area contributed by atoms with Crippen LogP contribution in [0.15, 0.2) is 48.5 Å². The molecule has 0 heterocycles. The predicted molar refractivity (Wildman–Crippen MR) is 76.2 cm³/mol. The SMILES string of the molecule is CCN(C(=O)Cc1ccc(F)cc1)c1cccc(O)c1. The van der Waals surface area contributed by atoms with E-state index in [0.717, 1.165) is 5.56 Å². The lowest BCUT2D eigenvalue weighted by Gasteiger charge is -2.21. The summed E-state index contributed by atoms with van der Waals surface area (Å²) in [6, 6.07) is 12.5. The van der Waals surface area contributed by atoms with Gasteiger partial charge in [-0.15, -0.1) is 0 Å². The minimum atomic E-state index is -0.318. The molecule has 20 heavy (non-hydrogen) atoms. The summed E-state index contributed by atoms with van der Waals surface area (Å²) in [5.74, 6) is -0.290. The maximum Gasteiger partial charge on any atom is 0.231 e. The van der Waals surface area contributed by atoms with Gasteiger partial charge in [-0.1, -0.05) is 18.2 Å². The molecule has 3 nitrogen and oxygen atoms in total. The Hall–Kier alpha value is -2.36. The number of benzene rings is 2. The number of aromatic hydroxyl groups is 1. The average molecular weight is 273 g/mol. The second-order valence-electron chi connectivity index (χ2n) is 4.46. The molecule has 0 spiro atoms. The lowest BCUT2D eigenvalue weighted by atomic mass is 10.1. The van der Waals surface area contributed by atoms with E-state index in [1.54, 1.807) is 41.3 Å². The van der Waals surface area contributed by atoms with Crippen molar-refractivity contribution in [2.75, 3.05) is 11.4 Å². The van der Waals surface area contributed by atoms with Crippen molar-refractivity contribution in [3.05, 3.63) is 59.9 Å². The molecule has 0 aromatic heterocycles. The van der Waals surface area contributed by atoms with Gasteiger partial charge >= 0.3 is 0 Å². The molecule has 4 heteroatoms. The molecule has 0 aliphatic rings.